The number of aliphatic hydroxyl groups is 1. The number of rotatable bonds is 6. The van der Waals surface area contributed by atoms with Crippen molar-refractivity contribution in [3.8, 4) is 5.75 Å². The van der Waals surface area contributed by atoms with Crippen LogP contribution in [0.2, 0.25) is 0 Å². The first-order valence-corrected chi connectivity index (χ1v) is 7.35. The Balaban J connectivity index is 1.99. The second-order valence-electron chi connectivity index (χ2n) is 5.12. The van der Waals surface area contributed by atoms with Crippen molar-refractivity contribution in [3.05, 3.63) is 18.2 Å². The summed E-state index contributed by atoms with van der Waals surface area (Å²) in [6.45, 7) is 7.68. The number of nitrogens with two attached hydrogens (primary N) is 1. The molecule has 112 valence electrons. The van der Waals surface area contributed by atoms with Crippen LogP contribution in [0.4, 0.5) is 11.4 Å². The van der Waals surface area contributed by atoms with Crippen LogP contribution >= 0.6 is 0 Å². The van der Waals surface area contributed by atoms with Crippen molar-refractivity contribution >= 4 is 11.4 Å². The standard InChI is InChI=1S/C15H25N3O2/c1-2-11-20-15-12-13(3-4-14(15)16)18-7-5-17(6-8-18)9-10-19/h3-4,12,19H,2,5-11,16H2,1H3. The number of β-amino-alcohol motifs (C(OH)–C–C–N with tert-alkyl or cyclic N) is 1. The van der Waals surface area contributed by atoms with Gasteiger partial charge < -0.3 is 20.5 Å². The van der Waals surface area contributed by atoms with Crippen LogP contribution < -0.4 is 15.4 Å². The van der Waals surface area contributed by atoms with Gasteiger partial charge in [-0.2, -0.15) is 0 Å². The van der Waals surface area contributed by atoms with Crippen molar-refractivity contribution in [3.63, 3.8) is 0 Å². The quantitative estimate of drug-likeness (QED) is 0.766. The van der Waals surface area contributed by atoms with Gasteiger partial charge in [-0.3, -0.25) is 4.90 Å². The van der Waals surface area contributed by atoms with E-state index in [-0.39, 0.29) is 6.61 Å². The van der Waals surface area contributed by atoms with E-state index in [0.29, 0.717) is 12.3 Å². The van der Waals surface area contributed by atoms with E-state index in [0.717, 1.165) is 50.6 Å². The Labute approximate surface area is 120 Å². The van der Waals surface area contributed by atoms with Crippen LogP contribution in [0.5, 0.6) is 5.75 Å². The second kappa shape index (κ2) is 7.36. The third kappa shape index (κ3) is 3.77. The summed E-state index contributed by atoms with van der Waals surface area (Å²) in [5.41, 5.74) is 7.80. The molecule has 1 aromatic carbocycles. The Hall–Kier alpha value is -1.46. The third-order valence-corrected chi connectivity index (χ3v) is 3.61. The average molecular weight is 279 g/mol. The van der Waals surface area contributed by atoms with Crippen molar-refractivity contribution < 1.29 is 9.84 Å². The van der Waals surface area contributed by atoms with E-state index >= 15 is 0 Å². The fourth-order valence-electron chi connectivity index (χ4n) is 2.43. The van der Waals surface area contributed by atoms with Crippen molar-refractivity contribution in [1.29, 1.82) is 0 Å². The number of benzene rings is 1. The minimum absolute atomic E-state index is 0.233. The molecule has 0 unspecified atom stereocenters. The highest BCUT2D eigenvalue weighted by Gasteiger charge is 2.17. The molecular formula is C15H25N3O2. The molecule has 20 heavy (non-hydrogen) atoms. The van der Waals surface area contributed by atoms with Gasteiger partial charge in [-0.1, -0.05) is 6.92 Å². The number of nitrogens with zero attached hydrogens (tertiary/aromatic N) is 2. The monoisotopic (exact) mass is 279 g/mol. The molecule has 0 amide bonds. The molecule has 0 aromatic heterocycles. The van der Waals surface area contributed by atoms with Gasteiger partial charge in [0, 0.05) is 44.5 Å². The maximum absolute atomic E-state index is 8.97. The van der Waals surface area contributed by atoms with Crippen molar-refractivity contribution in [2.24, 2.45) is 0 Å². The zero-order valence-corrected chi connectivity index (χ0v) is 12.2. The maximum atomic E-state index is 8.97. The molecule has 0 bridgehead atoms. The van der Waals surface area contributed by atoms with Crippen LogP contribution in [0, 0.1) is 0 Å². The number of aliphatic hydroxyl groups excluding tert-OH is 1. The number of hydrogen-bond acceptors (Lipinski definition) is 5. The van der Waals surface area contributed by atoms with Crippen molar-refractivity contribution in [1.82, 2.24) is 4.90 Å². The first-order chi connectivity index (χ1) is 9.74. The molecule has 1 heterocycles. The molecule has 0 atom stereocenters. The lowest BCUT2D eigenvalue weighted by Gasteiger charge is -2.36. The Morgan fingerprint density at radius 1 is 1.25 bits per heavy atom. The molecule has 2 rings (SSSR count). The zero-order valence-electron chi connectivity index (χ0n) is 12.2. The Bertz CT molecular complexity index is 418. The van der Waals surface area contributed by atoms with Gasteiger partial charge in [-0.05, 0) is 18.6 Å². The van der Waals surface area contributed by atoms with Gasteiger partial charge in [0.2, 0.25) is 0 Å². The van der Waals surface area contributed by atoms with Crippen LogP contribution in [0.1, 0.15) is 13.3 Å². The van der Waals surface area contributed by atoms with Gasteiger partial charge in [0.15, 0.2) is 0 Å². The molecule has 1 aromatic rings. The highest BCUT2D eigenvalue weighted by atomic mass is 16.5. The average Bonchev–Trinajstić information content (AvgIpc) is 2.48. The summed E-state index contributed by atoms with van der Waals surface area (Å²) in [6.07, 6.45) is 0.976. The molecule has 1 aliphatic rings. The molecule has 0 radical (unpaired) electrons. The van der Waals surface area contributed by atoms with E-state index in [4.69, 9.17) is 15.6 Å². The van der Waals surface area contributed by atoms with Crippen LogP contribution in [0.3, 0.4) is 0 Å². The Kier molecular flexibility index (Phi) is 5.49. The molecular weight excluding hydrogens is 254 g/mol. The van der Waals surface area contributed by atoms with E-state index in [2.05, 4.69) is 22.8 Å². The fraction of sp³-hybridized carbons (Fsp3) is 0.600. The molecule has 1 fully saturated rings. The topological polar surface area (TPSA) is 62.0 Å². The fourth-order valence-corrected chi connectivity index (χ4v) is 2.43. The minimum atomic E-state index is 0.233. The van der Waals surface area contributed by atoms with Crippen LogP contribution in [-0.2, 0) is 0 Å². The van der Waals surface area contributed by atoms with E-state index in [1.807, 2.05) is 12.1 Å². The van der Waals surface area contributed by atoms with E-state index in [1.54, 1.807) is 0 Å². The van der Waals surface area contributed by atoms with Crippen LogP contribution in [-0.4, -0.2) is 55.9 Å². The SMILES string of the molecule is CCCOc1cc(N2CCN(CCO)CC2)ccc1N. The smallest absolute Gasteiger partial charge is 0.144 e. The number of piperazine rings is 1. The summed E-state index contributed by atoms with van der Waals surface area (Å²) in [7, 11) is 0. The molecule has 5 nitrogen and oxygen atoms in total. The van der Waals surface area contributed by atoms with E-state index < -0.39 is 0 Å². The highest BCUT2D eigenvalue weighted by Crippen LogP contribution is 2.28. The summed E-state index contributed by atoms with van der Waals surface area (Å²) in [6, 6.07) is 6.00. The molecule has 5 heteroatoms. The maximum Gasteiger partial charge on any atom is 0.144 e. The molecule has 3 N–H and O–H groups in total. The van der Waals surface area contributed by atoms with Gasteiger partial charge in [0.05, 0.1) is 18.9 Å². The largest absolute Gasteiger partial charge is 0.491 e. The van der Waals surface area contributed by atoms with Crippen LogP contribution in [0.15, 0.2) is 18.2 Å². The predicted octanol–water partition coefficient (Wildman–Crippen LogP) is 1.17. The summed E-state index contributed by atoms with van der Waals surface area (Å²) < 4.78 is 5.68. The van der Waals surface area contributed by atoms with Crippen molar-refractivity contribution in [2.45, 2.75) is 13.3 Å². The second-order valence-corrected chi connectivity index (χ2v) is 5.12. The van der Waals surface area contributed by atoms with Gasteiger partial charge in [-0.15, -0.1) is 0 Å². The van der Waals surface area contributed by atoms with E-state index in [9.17, 15) is 0 Å². The van der Waals surface area contributed by atoms with Crippen LogP contribution in [0.25, 0.3) is 0 Å². The first kappa shape index (κ1) is 14.9. The number of anilines is 2. The normalized spacial score (nSPS) is 16.4. The summed E-state index contributed by atoms with van der Waals surface area (Å²) in [4.78, 5) is 4.62. The molecule has 1 saturated heterocycles. The lowest BCUT2D eigenvalue weighted by atomic mass is 10.2. The summed E-state index contributed by atoms with van der Waals surface area (Å²) >= 11 is 0. The number of ether oxygens (including phenoxy) is 1. The molecule has 0 saturated carbocycles. The third-order valence-electron chi connectivity index (χ3n) is 3.61. The predicted molar refractivity (Wildman–Crippen MR) is 82.4 cm³/mol. The molecule has 0 spiro atoms. The van der Waals surface area contributed by atoms with Gasteiger partial charge >= 0.3 is 0 Å². The van der Waals surface area contributed by atoms with E-state index in [1.165, 1.54) is 0 Å². The first-order valence-electron chi connectivity index (χ1n) is 7.35. The minimum Gasteiger partial charge on any atom is -0.491 e. The van der Waals surface area contributed by atoms with Gasteiger partial charge in [-0.25, -0.2) is 0 Å². The lowest BCUT2D eigenvalue weighted by molar-refractivity contribution is 0.189. The highest BCUT2D eigenvalue weighted by molar-refractivity contribution is 5.62. The Morgan fingerprint density at radius 3 is 2.65 bits per heavy atom. The lowest BCUT2D eigenvalue weighted by Crippen LogP contribution is -2.47. The summed E-state index contributed by atoms with van der Waals surface area (Å²) in [5, 5.41) is 8.97. The van der Waals surface area contributed by atoms with Gasteiger partial charge in [0.25, 0.3) is 0 Å². The molecule has 0 aliphatic carbocycles. The van der Waals surface area contributed by atoms with Crippen molar-refractivity contribution in [2.75, 3.05) is 56.6 Å². The summed E-state index contributed by atoms with van der Waals surface area (Å²) in [5.74, 6) is 0.780. The van der Waals surface area contributed by atoms with Gasteiger partial charge in [0.1, 0.15) is 5.75 Å². The number of hydrogen-bond donors (Lipinski definition) is 2. The molecule has 1 aliphatic heterocycles. The zero-order chi connectivity index (χ0) is 14.4. The number of nitrogen functional groups attached to an aromatic ring is 1. The Morgan fingerprint density at radius 2 is 2.00 bits per heavy atom.